The zero-order valence-electron chi connectivity index (χ0n) is 17.3. The minimum absolute atomic E-state index is 0.0235. The summed E-state index contributed by atoms with van der Waals surface area (Å²) in [5, 5.41) is 9.20. The number of carbonyl (C=O) groups is 1. The second-order valence-electron chi connectivity index (χ2n) is 7.31. The molecule has 9 heteroatoms. The molecule has 1 heterocycles. The highest BCUT2D eigenvalue weighted by Gasteiger charge is 2.23. The van der Waals surface area contributed by atoms with E-state index < -0.39 is 15.7 Å². The highest BCUT2D eigenvalue weighted by Crippen LogP contribution is 2.24. The summed E-state index contributed by atoms with van der Waals surface area (Å²) < 4.78 is 42.3. The van der Waals surface area contributed by atoms with Gasteiger partial charge in [0.2, 0.25) is 5.91 Å². The molecule has 164 valence electrons. The number of halogens is 1. The van der Waals surface area contributed by atoms with E-state index in [1.54, 1.807) is 29.2 Å². The summed E-state index contributed by atoms with van der Waals surface area (Å²) in [6, 6.07) is 12.7. The predicted molar refractivity (Wildman–Crippen MR) is 114 cm³/mol. The number of anilines is 1. The number of sulfone groups is 1. The van der Waals surface area contributed by atoms with Crippen LogP contribution in [0.1, 0.15) is 18.4 Å². The normalized spacial score (nSPS) is 14.2. The van der Waals surface area contributed by atoms with Crippen molar-refractivity contribution in [3.05, 3.63) is 53.8 Å². The minimum Gasteiger partial charge on any atom is -0.494 e. The van der Waals surface area contributed by atoms with E-state index >= 15 is 0 Å². The van der Waals surface area contributed by atoms with Crippen molar-refractivity contribution in [1.82, 2.24) is 4.90 Å². The van der Waals surface area contributed by atoms with Gasteiger partial charge in [-0.25, -0.2) is 12.8 Å². The summed E-state index contributed by atoms with van der Waals surface area (Å²) in [6.07, 6.45) is 2.02. The van der Waals surface area contributed by atoms with Crippen molar-refractivity contribution in [1.29, 1.82) is 5.26 Å². The maximum Gasteiger partial charge on any atom is 0.222 e. The standard InChI is InChI=1S/C22H24FN3O4S/c1-31(28,29)18-9-7-17(8-10-18)30-15-3-6-22(27)26-13-11-25(12-14-26)21-5-2-4-20(23)19(21)16-24/h2,4-5,7-10H,3,6,11-15H2,1H3. The van der Waals surface area contributed by atoms with E-state index in [0.29, 0.717) is 57.1 Å². The molecule has 0 radical (unpaired) electrons. The van der Waals surface area contributed by atoms with Crippen LogP contribution in [0.3, 0.4) is 0 Å². The zero-order chi connectivity index (χ0) is 22.4. The van der Waals surface area contributed by atoms with E-state index in [2.05, 4.69) is 0 Å². The van der Waals surface area contributed by atoms with E-state index in [4.69, 9.17) is 4.74 Å². The number of nitrogens with zero attached hydrogens (tertiary/aromatic N) is 3. The van der Waals surface area contributed by atoms with Gasteiger partial charge in [-0.1, -0.05) is 6.07 Å². The fourth-order valence-electron chi connectivity index (χ4n) is 3.44. The van der Waals surface area contributed by atoms with Gasteiger partial charge in [0.15, 0.2) is 9.84 Å². The average Bonchev–Trinajstić information content (AvgIpc) is 2.76. The lowest BCUT2D eigenvalue weighted by Gasteiger charge is -2.36. The molecule has 1 aliphatic rings. The van der Waals surface area contributed by atoms with E-state index in [0.717, 1.165) is 6.26 Å². The zero-order valence-corrected chi connectivity index (χ0v) is 18.1. The molecule has 7 nitrogen and oxygen atoms in total. The van der Waals surface area contributed by atoms with Gasteiger partial charge in [-0.2, -0.15) is 5.26 Å². The van der Waals surface area contributed by atoms with Crippen LogP contribution >= 0.6 is 0 Å². The lowest BCUT2D eigenvalue weighted by molar-refractivity contribution is -0.131. The molecule has 3 rings (SSSR count). The van der Waals surface area contributed by atoms with Crippen LogP contribution in [-0.4, -0.2) is 58.3 Å². The van der Waals surface area contributed by atoms with Gasteiger partial charge >= 0.3 is 0 Å². The fourth-order valence-corrected chi connectivity index (χ4v) is 4.07. The Balaban J connectivity index is 1.43. The molecule has 0 aliphatic carbocycles. The first-order valence-corrected chi connectivity index (χ1v) is 11.8. The van der Waals surface area contributed by atoms with Gasteiger partial charge in [-0.15, -0.1) is 0 Å². The van der Waals surface area contributed by atoms with Crippen molar-refractivity contribution in [2.24, 2.45) is 0 Å². The molecular weight excluding hydrogens is 421 g/mol. The SMILES string of the molecule is CS(=O)(=O)c1ccc(OCCCC(=O)N2CCN(c3cccc(F)c3C#N)CC2)cc1. The number of piperazine rings is 1. The topological polar surface area (TPSA) is 90.7 Å². The van der Waals surface area contributed by atoms with Crippen LogP contribution < -0.4 is 9.64 Å². The van der Waals surface area contributed by atoms with Crippen LogP contribution in [0, 0.1) is 17.1 Å². The summed E-state index contributed by atoms with van der Waals surface area (Å²) in [7, 11) is -3.24. The number of carbonyl (C=O) groups excluding carboxylic acids is 1. The highest BCUT2D eigenvalue weighted by molar-refractivity contribution is 7.90. The smallest absolute Gasteiger partial charge is 0.222 e. The van der Waals surface area contributed by atoms with Gasteiger partial charge in [0.25, 0.3) is 0 Å². The number of amides is 1. The van der Waals surface area contributed by atoms with Crippen molar-refractivity contribution in [3.63, 3.8) is 0 Å². The first kappa shape index (κ1) is 22.6. The van der Waals surface area contributed by atoms with Gasteiger partial charge in [-0.3, -0.25) is 4.79 Å². The van der Waals surface area contributed by atoms with Crippen LogP contribution in [-0.2, 0) is 14.6 Å². The molecule has 0 aromatic heterocycles. The summed E-state index contributed by atoms with van der Waals surface area (Å²) in [5.74, 6) is 0.0386. The quantitative estimate of drug-likeness (QED) is 0.609. The second kappa shape index (κ2) is 9.79. The van der Waals surface area contributed by atoms with Crippen LogP contribution in [0.5, 0.6) is 5.75 Å². The van der Waals surface area contributed by atoms with Crippen LogP contribution in [0.2, 0.25) is 0 Å². The van der Waals surface area contributed by atoms with Gasteiger partial charge in [0.1, 0.15) is 23.2 Å². The summed E-state index contributed by atoms with van der Waals surface area (Å²) in [5.41, 5.74) is 0.592. The van der Waals surface area contributed by atoms with Gasteiger partial charge in [-0.05, 0) is 42.8 Å². The molecule has 1 aliphatic heterocycles. The highest BCUT2D eigenvalue weighted by atomic mass is 32.2. The van der Waals surface area contributed by atoms with E-state index in [-0.39, 0.29) is 16.4 Å². The van der Waals surface area contributed by atoms with Crippen molar-refractivity contribution in [3.8, 4) is 11.8 Å². The molecule has 31 heavy (non-hydrogen) atoms. The van der Waals surface area contributed by atoms with Crippen molar-refractivity contribution in [2.75, 3.05) is 43.9 Å². The number of rotatable bonds is 7. The number of benzene rings is 2. The summed E-state index contributed by atoms with van der Waals surface area (Å²) in [6.45, 7) is 2.43. The lowest BCUT2D eigenvalue weighted by Crippen LogP contribution is -2.49. The molecule has 1 fully saturated rings. The Kier molecular flexibility index (Phi) is 7.13. The number of nitriles is 1. The van der Waals surface area contributed by atoms with E-state index in [9.17, 15) is 22.9 Å². The Hall–Kier alpha value is -3.12. The number of ether oxygens (including phenoxy) is 1. The molecule has 0 atom stereocenters. The number of hydrogen-bond acceptors (Lipinski definition) is 6. The third-order valence-electron chi connectivity index (χ3n) is 5.13. The third kappa shape index (κ3) is 5.73. The van der Waals surface area contributed by atoms with Crippen molar-refractivity contribution >= 4 is 21.4 Å². The molecule has 2 aromatic carbocycles. The molecule has 0 bridgehead atoms. The Morgan fingerprint density at radius 2 is 1.81 bits per heavy atom. The molecular formula is C22H24FN3O4S. The second-order valence-corrected chi connectivity index (χ2v) is 9.32. The first-order valence-electron chi connectivity index (χ1n) is 9.94. The van der Waals surface area contributed by atoms with E-state index in [1.807, 2.05) is 11.0 Å². The molecule has 2 aromatic rings. The minimum atomic E-state index is -3.24. The predicted octanol–water partition coefficient (Wildman–Crippen LogP) is 2.61. The molecule has 1 saturated heterocycles. The van der Waals surface area contributed by atoms with Gasteiger partial charge < -0.3 is 14.5 Å². The van der Waals surface area contributed by atoms with Crippen LogP contribution in [0.25, 0.3) is 0 Å². The van der Waals surface area contributed by atoms with E-state index in [1.165, 1.54) is 18.2 Å². The molecule has 0 spiro atoms. The Morgan fingerprint density at radius 3 is 2.42 bits per heavy atom. The van der Waals surface area contributed by atoms with Crippen molar-refractivity contribution in [2.45, 2.75) is 17.7 Å². The van der Waals surface area contributed by atoms with Crippen molar-refractivity contribution < 1.29 is 22.3 Å². The molecule has 0 N–H and O–H groups in total. The fraction of sp³-hybridized carbons (Fsp3) is 0.364. The first-order chi connectivity index (χ1) is 14.8. The molecule has 0 saturated carbocycles. The Labute approximate surface area is 181 Å². The monoisotopic (exact) mass is 445 g/mol. The number of hydrogen-bond donors (Lipinski definition) is 0. The molecule has 0 unspecified atom stereocenters. The summed E-state index contributed by atoms with van der Waals surface area (Å²) >= 11 is 0. The summed E-state index contributed by atoms with van der Waals surface area (Å²) in [4.78, 5) is 16.4. The molecule has 1 amide bonds. The third-order valence-corrected chi connectivity index (χ3v) is 6.26. The Bertz CT molecular complexity index is 1070. The lowest BCUT2D eigenvalue weighted by atomic mass is 10.1. The van der Waals surface area contributed by atoms with Gasteiger partial charge in [0, 0.05) is 38.9 Å². The van der Waals surface area contributed by atoms with Gasteiger partial charge in [0.05, 0.1) is 17.2 Å². The average molecular weight is 446 g/mol. The maximum absolute atomic E-state index is 13.8. The van der Waals surface area contributed by atoms with Crippen LogP contribution in [0.15, 0.2) is 47.4 Å². The largest absolute Gasteiger partial charge is 0.494 e. The Morgan fingerprint density at radius 1 is 1.13 bits per heavy atom. The maximum atomic E-state index is 13.8. The van der Waals surface area contributed by atoms with Crippen LogP contribution in [0.4, 0.5) is 10.1 Å².